The molecule has 1 amide bonds. The lowest BCUT2D eigenvalue weighted by Gasteiger charge is -2.26. The Hall–Kier alpha value is -1.55. The standard InChI is InChI=1S/C22H36N2O2/c1-16(2)10-11-24-15-19-14-18(7-5-6-12-25)8-9-20(19)23-21(22(24)26)13-17(3)4/h8-9,14,16-17,21,23,25H,5-7,10-13,15H2,1-4H3/t21-/m0/s1. The van der Waals surface area contributed by atoms with E-state index in [1.54, 1.807) is 0 Å². The molecule has 0 radical (unpaired) electrons. The van der Waals surface area contributed by atoms with Crippen LogP contribution >= 0.6 is 0 Å². The molecule has 4 heteroatoms. The van der Waals surface area contributed by atoms with Crippen molar-refractivity contribution in [3.63, 3.8) is 0 Å². The maximum Gasteiger partial charge on any atom is 0.245 e. The topological polar surface area (TPSA) is 52.6 Å². The molecule has 2 N–H and O–H groups in total. The number of anilines is 1. The number of amides is 1. The van der Waals surface area contributed by atoms with E-state index in [9.17, 15) is 4.79 Å². The SMILES string of the molecule is CC(C)CCN1Cc2cc(CCCCO)ccc2N[C@@H](CC(C)C)C1=O. The first-order valence-corrected chi connectivity index (χ1v) is 10.2. The summed E-state index contributed by atoms with van der Waals surface area (Å²) in [5, 5.41) is 12.5. The number of unbranched alkanes of at least 4 members (excludes halogenated alkanes) is 1. The normalized spacial score (nSPS) is 17.4. The molecular weight excluding hydrogens is 324 g/mol. The third kappa shape index (κ3) is 6.01. The highest BCUT2D eigenvalue weighted by atomic mass is 16.2. The van der Waals surface area contributed by atoms with Crippen molar-refractivity contribution < 1.29 is 9.90 Å². The van der Waals surface area contributed by atoms with Gasteiger partial charge in [0, 0.05) is 25.4 Å². The number of carbonyl (C=O) groups excluding carboxylic acids is 1. The van der Waals surface area contributed by atoms with E-state index in [1.165, 1.54) is 11.1 Å². The van der Waals surface area contributed by atoms with Gasteiger partial charge in [-0.1, -0.05) is 39.8 Å². The maximum absolute atomic E-state index is 13.1. The fourth-order valence-corrected chi connectivity index (χ4v) is 3.50. The van der Waals surface area contributed by atoms with Gasteiger partial charge in [-0.05, 0) is 61.1 Å². The first kappa shape index (κ1) is 20.8. The predicted octanol–water partition coefficient (Wildman–Crippen LogP) is 4.22. The molecule has 1 heterocycles. The largest absolute Gasteiger partial charge is 0.396 e. The molecule has 1 aliphatic rings. The first-order chi connectivity index (χ1) is 12.4. The second-order valence-electron chi connectivity index (χ2n) is 8.44. The van der Waals surface area contributed by atoms with Gasteiger partial charge in [0.05, 0.1) is 0 Å². The summed E-state index contributed by atoms with van der Waals surface area (Å²) in [6.07, 6.45) is 4.70. The van der Waals surface area contributed by atoms with Crippen LogP contribution in [0.25, 0.3) is 0 Å². The van der Waals surface area contributed by atoms with E-state index in [0.717, 1.165) is 44.3 Å². The summed E-state index contributed by atoms with van der Waals surface area (Å²) in [7, 11) is 0. The zero-order valence-electron chi connectivity index (χ0n) is 16.9. The Balaban J connectivity index is 2.22. The summed E-state index contributed by atoms with van der Waals surface area (Å²) in [5.41, 5.74) is 3.61. The number of nitrogens with zero attached hydrogens (tertiary/aromatic N) is 1. The van der Waals surface area contributed by atoms with Gasteiger partial charge in [0.25, 0.3) is 0 Å². The molecule has 1 aromatic carbocycles. The van der Waals surface area contributed by atoms with E-state index < -0.39 is 0 Å². The number of aryl methyl sites for hydroxylation is 1. The van der Waals surface area contributed by atoms with Crippen molar-refractivity contribution in [2.45, 2.75) is 72.4 Å². The van der Waals surface area contributed by atoms with Crippen molar-refractivity contribution >= 4 is 11.6 Å². The van der Waals surface area contributed by atoms with Gasteiger partial charge in [-0.3, -0.25) is 4.79 Å². The Labute approximate surface area is 159 Å². The van der Waals surface area contributed by atoms with Crippen LogP contribution in [0.4, 0.5) is 5.69 Å². The van der Waals surface area contributed by atoms with Gasteiger partial charge in [-0.15, -0.1) is 0 Å². The van der Waals surface area contributed by atoms with Crippen LogP contribution in [0.3, 0.4) is 0 Å². The van der Waals surface area contributed by atoms with E-state index in [2.05, 4.69) is 51.2 Å². The molecule has 1 aromatic rings. The highest BCUT2D eigenvalue weighted by molar-refractivity contribution is 5.86. The monoisotopic (exact) mass is 360 g/mol. The minimum Gasteiger partial charge on any atom is -0.396 e. The molecule has 26 heavy (non-hydrogen) atoms. The maximum atomic E-state index is 13.1. The molecule has 0 saturated heterocycles. The Bertz CT molecular complexity index is 584. The number of carbonyl (C=O) groups is 1. The van der Waals surface area contributed by atoms with Gasteiger partial charge in [0.15, 0.2) is 0 Å². The van der Waals surface area contributed by atoms with Gasteiger partial charge in [-0.25, -0.2) is 0 Å². The van der Waals surface area contributed by atoms with E-state index in [-0.39, 0.29) is 18.6 Å². The van der Waals surface area contributed by atoms with E-state index in [1.807, 2.05) is 4.90 Å². The van der Waals surface area contributed by atoms with Crippen LogP contribution < -0.4 is 5.32 Å². The van der Waals surface area contributed by atoms with Gasteiger partial charge < -0.3 is 15.3 Å². The number of hydrogen-bond acceptors (Lipinski definition) is 3. The highest BCUT2D eigenvalue weighted by Crippen LogP contribution is 2.27. The minimum atomic E-state index is -0.136. The van der Waals surface area contributed by atoms with E-state index in [4.69, 9.17) is 5.11 Å². The molecule has 0 spiro atoms. The molecule has 0 fully saturated rings. The van der Waals surface area contributed by atoms with Gasteiger partial charge in [0.2, 0.25) is 5.91 Å². The lowest BCUT2D eigenvalue weighted by atomic mass is 10.0. The average Bonchev–Trinajstić information content (AvgIpc) is 2.70. The van der Waals surface area contributed by atoms with Crippen LogP contribution in [0.2, 0.25) is 0 Å². The highest BCUT2D eigenvalue weighted by Gasteiger charge is 2.29. The number of hydrogen-bond donors (Lipinski definition) is 2. The second-order valence-corrected chi connectivity index (χ2v) is 8.44. The fourth-order valence-electron chi connectivity index (χ4n) is 3.50. The van der Waals surface area contributed by atoms with Crippen molar-refractivity contribution in [1.29, 1.82) is 0 Å². The summed E-state index contributed by atoms with van der Waals surface area (Å²) in [6, 6.07) is 6.40. The number of aliphatic hydroxyl groups is 1. The number of aliphatic hydroxyl groups excluding tert-OH is 1. The van der Waals surface area contributed by atoms with E-state index in [0.29, 0.717) is 18.4 Å². The summed E-state index contributed by atoms with van der Waals surface area (Å²) < 4.78 is 0. The Morgan fingerprint density at radius 2 is 1.96 bits per heavy atom. The van der Waals surface area contributed by atoms with Crippen LogP contribution in [-0.4, -0.2) is 35.1 Å². The van der Waals surface area contributed by atoms with Crippen molar-refractivity contribution in [1.82, 2.24) is 4.90 Å². The average molecular weight is 361 g/mol. The minimum absolute atomic E-state index is 0.136. The molecule has 4 nitrogen and oxygen atoms in total. The molecular formula is C22H36N2O2. The smallest absolute Gasteiger partial charge is 0.245 e. The molecule has 1 aliphatic heterocycles. The molecule has 0 aromatic heterocycles. The zero-order valence-corrected chi connectivity index (χ0v) is 16.9. The van der Waals surface area contributed by atoms with Crippen molar-refractivity contribution in [3.05, 3.63) is 29.3 Å². The predicted molar refractivity (Wildman–Crippen MR) is 108 cm³/mol. The molecule has 0 bridgehead atoms. The first-order valence-electron chi connectivity index (χ1n) is 10.2. The summed E-state index contributed by atoms with van der Waals surface area (Å²) in [6.45, 7) is 10.5. The fraction of sp³-hybridized carbons (Fsp3) is 0.682. The van der Waals surface area contributed by atoms with Gasteiger partial charge >= 0.3 is 0 Å². The Kier molecular flexibility index (Phi) is 7.95. The third-order valence-corrected chi connectivity index (χ3v) is 5.03. The summed E-state index contributed by atoms with van der Waals surface area (Å²) in [4.78, 5) is 15.1. The lowest BCUT2D eigenvalue weighted by Crippen LogP contribution is -2.41. The van der Waals surface area contributed by atoms with Crippen molar-refractivity contribution in [3.8, 4) is 0 Å². The van der Waals surface area contributed by atoms with Crippen LogP contribution in [0.5, 0.6) is 0 Å². The van der Waals surface area contributed by atoms with Crippen LogP contribution in [-0.2, 0) is 17.8 Å². The lowest BCUT2D eigenvalue weighted by molar-refractivity contribution is -0.132. The zero-order chi connectivity index (χ0) is 19.1. The molecule has 0 unspecified atom stereocenters. The molecule has 2 rings (SSSR count). The number of benzene rings is 1. The number of rotatable bonds is 9. The molecule has 1 atom stereocenters. The Morgan fingerprint density at radius 1 is 1.19 bits per heavy atom. The van der Waals surface area contributed by atoms with Crippen molar-refractivity contribution in [2.24, 2.45) is 11.8 Å². The number of nitrogens with one attached hydrogen (secondary N) is 1. The second kappa shape index (κ2) is 9.96. The third-order valence-electron chi connectivity index (χ3n) is 5.03. The quantitative estimate of drug-likeness (QED) is 0.648. The van der Waals surface area contributed by atoms with Crippen LogP contribution in [0, 0.1) is 11.8 Å². The van der Waals surface area contributed by atoms with Gasteiger partial charge in [-0.2, -0.15) is 0 Å². The van der Waals surface area contributed by atoms with Gasteiger partial charge in [0.1, 0.15) is 6.04 Å². The summed E-state index contributed by atoms with van der Waals surface area (Å²) in [5.74, 6) is 1.30. The van der Waals surface area contributed by atoms with Crippen LogP contribution in [0.1, 0.15) is 64.5 Å². The molecule has 146 valence electrons. The van der Waals surface area contributed by atoms with Crippen molar-refractivity contribution in [2.75, 3.05) is 18.5 Å². The number of fused-ring (bicyclic) bond motifs is 1. The van der Waals surface area contributed by atoms with Crippen LogP contribution in [0.15, 0.2) is 18.2 Å². The van der Waals surface area contributed by atoms with E-state index >= 15 is 0 Å². The Morgan fingerprint density at radius 3 is 2.62 bits per heavy atom. The molecule has 0 saturated carbocycles. The molecule has 0 aliphatic carbocycles. The summed E-state index contributed by atoms with van der Waals surface area (Å²) >= 11 is 0.